The number of aromatic nitrogens is 3. The second kappa shape index (κ2) is 7.76. The van der Waals surface area contributed by atoms with Crippen molar-refractivity contribution in [3.63, 3.8) is 0 Å². The first kappa shape index (κ1) is 20.7. The highest BCUT2D eigenvalue weighted by atomic mass is 19.4. The van der Waals surface area contributed by atoms with Crippen LogP contribution in [0.5, 0.6) is 5.75 Å². The fraction of sp³-hybridized carbons (Fsp3) is 0.222. The van der Waals surface area contributed by atoms with Crippen molar-refractivity contribution in [1.29, 1.82) is 0 Å². The minimum atomic E-state index is -5.81. The maximum absolute atomic E-state index is 12.9. The van der Waals surface area contributed by atoms with Crippen LogP contribution >= 0.6 is 0 Å². The molecule has 1 unspecified atom stereocenters. The molecular formula is C18H15F5N4O2. The highest BCUT2D eigenvalue weighted by Crippen LogP contribution is 2.37. The number of ether oxygens (including phenoxy) is 1. The zero-order valence-electron chi connectivity index (χ0n) is 14.9. The minimum Gasteiger partial charge on any atom is -0.426 e. The average molecular weight is 414 g/mol. The number of nitrogens with two attached hydrogens (primary N) is 1. The Morgan fingerprint density at radius 2 is 1.59 bits per heavy atom. The van der Waals surface area contributed by atoms with Crippen molar-refractivity contribution in [3.8, 4) is 22.8 Å². The summed E-state index contributed by atoms with van der Waals surface area (Å²) in [5.74, 6) is 4.91. The van der Waals surface area contributed by atoms with E-state index in [-0.39, 0.29) is 6.10 Å². The predicted molar refractivity (Wildman–Crippen MR) is 92.1 cm³/mol. The van der Waals surface area contributed by atoms with Gasteiger partial charge in [-0.1, -0.05) is 24.3 Å². The summed E-state index contributed by atoms with van der Waals surface area (Å²) in [6, 6.07) is 11.7. The van der Waals surface area contributed by atoms with Gasteiger partial charge >= 0.3 is 12.3 Å². The van der Waals surface area contributed by atoms with Gasteiger partial charge in [0.15, 0.2) is 5.82 Å². The van der Waals surface area contributed by atoms with E-state index in [9.17, 15) is 22.0 Å². The van der Waals surface area contributed by atoms with Crippen LogP contribution in [0, 0.1) is 0 Å². The van der Waals surface area contributed by atoms with E-state index in [1.807, 2.05) is 0 Å². The van der Waals surface area contributed by atoms with Crippen molar-refractivity contribution >= 4 is 0 Å². The maximum Gasteiger partial charge on any atom is 0.499 e. The topological polar surface area (TPSA) is 75.2 Å². The minimum absolute atomic E-state index is 0.278. The molecule has 0 aliphatic carbocycles. The molecule has 6 nitrogen and oxygen atoms in total. The molecule has 154 valence electrons. The van der Waals surface area contributed by atoms with Crippen LogP contribution in [0.1, 0.15) is 18.6 Å². The van der Waals surface area contributed by atoms with Gasteiger partial charge in [0.05, 0.1) is 5.69 Å². The molecule has 2 aromatic carbocycles. The molecule has 0 saturated heterocycles. The number of halogens is 5. The second-order valence-corrected chi connectivity index (χ2v) is 6.02. The zero-order valence-corrected chi connectivity index (χ0v) is 14.9. The smallest absolute Gasteiger partial charge is 0.426 e. The Kier molecular flexibility index (Phi) is 5.53. The van der Waals surface area contributed by atoms with Gasteiger partial charge in [-0.2, -0.15) is 22.0 Å². The Labute approximate surface area is 161 Å². The standard InChI is InChI=1S/C18H15F5N4O2/c1-11(29-24)12-2-4-13(5-3-12)16-25-10-27(26-16)14-6-8-15(9-7-14)28-18(22,23)17(19,20)21/h2-11H,24H2,1H3. The van der Waals surface area contributed by atoms with Crippen molar-refractivity contribution in [2.24, 2.45) is 5.90 Å². The van der Waals surface area contributed by atoms with Crippen LogP contribution in [0.3, 0.4) is 0 Å². The van der Waals surface area contributed by atoms with E-state index in [1.165, 1.54) is 23.1 Å². The molecule has 0 amide bonds. The highest BCUT2D eigenvalue weighted by Gasteiger charge is 2.61. The first-order valence-electron chi connectivity index (χ1n) is 8.22. The maximum atomic E-state index is 12.9. The third-order valence-electron chi connectivity index (χ3n) is 4.01. The van der Waals surface area contributed by atoms with Crippen LogP contribution in [0.4, 0.5) is 22.0 Å². The number of alkyl halides is 5. The van der Waals surface area contributed by atoms with Crippen molar-refractivity contribution < 1.29 is 31.5 Å². The van der Waals surface area contributed by atoms with E-state index in [0.717, 1.165) is 17.7 Å². The summed E-state index contributed by atoms with van der Waals surface area (Å²) in [6.45, 7) is 1.79. The van der Waals surface area contributed by atoms with E-state index < -0.39 is 18.0 Å². The Balaban J connectivity index is 1.75. The summed E-state index contributed by atoms with van der Waals surface area (Å²) in [7, 11) is 0. The molecule has 0 aliphatic heterocycles. The van der Waals surface area contributed by atoms with E-state index in [0.29, 0.717) is 17.1 Å². The van der Waals surface area contributed by atoms with E-state index in [1.54, 1.807) is 31.2 Å². The summed E-state index contributed by atoms with van der Waals surface area (Å²) in [5.41, 5.74) is 1.97. The van der Waals surface area contributed by atoms with Gasteiger partial charge in [0.1, 0.15) is 18.2 Å². The van der Waals surface area contributed by atoms with Crippen LogP contribution in [0.2, 0.25) is 0 Å². The lowest BCUT2D eigenvalue weighted by atomic mass is 10.1. The van der Waals surface area contributed by atoms with E-state index in [4.69, 9.17) is 10.7 Å². The molecule has 29 heavy (non-hydrogen) atoms. The molecule has 0 fully saturated rings. The van der Waals surface area contributed by atoms with Crippen molar-refractivity contribution in [3.05, 3.63) is 60.4 Å². The molecule has 0 spiro atoms. The quantitative estimate of drug-likeness (QED) is 0.478. The lowest BCUT2D eigenvalue weighted by molar-refractivity contribution is -0.360. The summed E-state index contributed by atoms with van der Waals surface area (Å²) < 4.78 is 67.6. The summed E-state index contributed by atoms with van der Waals surface area (Å²) in [5, 5.41) is 4.27. The fourth-order valence-electron chi connectivity index (χ4n) is 2.37. The molecule has 11 heteroatoms. The van der Waals surface area contributed by atoms with Gasteiger partial charge in [-0.05, 0) is 36.8 Å². The van der Waals surface area contributed by atoms with Crippen LogP contribution < -0.4 is 10.6 Å². The predicted octanol–water partition coefficient (Wildman–Crippen LogP) is 4.42. The van der Waals surface area contributed by atoms with Crippen LogP contribution in [-0.4, -0.2) is 27.0 Å². The van der Waals surface area contributed by atoms with Gasteiger partial charge < -0.3 is 4.74 Å². The Hall–Kier alpha value is -3.05. The zero-order chi connectivity index (χ0) is 21.2. The Morgan fingerprint density at radius 1 is 0.966 bits per heavy atom. The highest BCUT2D eigenvalue weighted by molar-refractivity contribution is 5.55. The molecule has 1 heterocycles. The fourth-order valence-corrected chi connectivity index (χ4v) is 2.37. The first-order valence-corrected chi connectivity index (χ1v) is 8.22. The molecule has 3 aromatic rings. The first-order chi connectivity index (χ1) is 13.6. The molecule has 2 N–H and O–H groups in total. The lowest BCUT2D eigenvalue weighted by Crippen LogP contribution is -2.41. The van der Waals surface area contributed by atoms with Crippen LogP contribution in [-0.2, 0) is 4.84 Å². The number of hydrogen-bond acceptors (Lipinski definition) is 5. The molecule has 1 aromatic heterocycles. The Bertz CT molecular complexity index is 956. The van der Waals surface area contributed by atoms with Gasteiger partial charge in [0, 0.05) is 5.56 Å². The van der Waals surface area contributed by atoms with Gasteiger partial charge in [-0.25, -0.2) is 15.6 Å². The molecule has 1 atom stereocenters. The van der Waals surface area contributed by atoms with Crippen LogP contribution in [0.15, 0.2) is 54.9 Å². The normalized spacial score (nSPS) is 13.3. The van der Waals surface area contributed by atoms with E-state index >= 15 is 0 Å². The third kappa shape index (κ3) is 4.51. The largest absolute Gasteiger partial charge is 0.499 e. The van der Waals surface area contributed by atoms with Crippen molar-refractivity contribution in [2.45, 2.75) is 25.3 Å². The van der Waals surface area contributed by atoms with Crippen molar-refractivity contribution in [1.82, 2.24) is 14.8 Å². The van der Waals surface area contributed by atoms with Crippen LogP contribution in [0.25, 0.3) is 17.1 Å². The summed E-state index contributed by atoms with van der Waals surface area (Å²) in [6.07, 6.45) is -9.99. The summed E-state index contributed by atoms with van der Waals surface area (Å²) >= 11 is 0. The molecule has 0 radical (unpaired) electrons. The van der Waals surface area contributed by atoms with E-state index in [2.05, 4.69) is 14.8 Å². The molecule has 0 bridgehead atoms. The van der Waals surface area contributed by atoms with Gasteiger partial charge in [-0.3, -0.25) is 4.84 Å². The molecule has 3 rings (SSSR count). The average Bonchev–Trinajstić information content (AvgIpc) is 3.17. The molecule has 0 saturated carbocycles. The number of hydrogen-bond donors (Lipinski definition) is 1. The lowest BCUT2D eigenvalue weighted by Gasteiger charge is -2.20. The van der Waals surface area contributed by atoms with Crippen molar-refractivity contribution in [2.75, 3.05) is 0 Å². The Morgan fingerprint density at radius 3 is 2.14 bits per heavy atom. The van der Waals surface area contributed by atoms with Gasteiger partial charge in [-0.15, -0.1) is 5.10 Å². The number of rotatable bonds is 6. The summed E-state index contributed by atoms with van der Waals surface area (Å²) in [4.78, 5) is 8.91. The number of nitrogens with zero attached hydrogens (tertiary/aromatic N) is 3. The number of benzene rings is 2. The third-order valence-corrected chi connectivity index (χ3v) is 4.01. The second-order valence-electron chi connectivity index (χ2n) is 6.02. The monoisotopic (exact) mass is 414 g/mol. The molecular weight excluding hydrogens is 399 g/mol. The van der Waals surface area contributed by atoms with Gasteiger partial charge in [0.25, 0.3) is 0 Å². The molecule has 0 aliphatic rings. The SMILES string of the molecule is CC(ON)c1ccc(-c2ncn(-c3ccc(OC(F)(F)C(F)(F)F)cc3)n2)cc1. The van der Waals surface area contributed by atoms with Gasteiger partial charge in [0.2, 0.25) is 0 Å².